The van der Waals surface area contributed by atoms with Crippen molar-refractivity contribution in [3.05, 3.63) is 70.9 Å². The summed E-state index contributed by atoms with van der Waals surface area (Å²) in [5, 5.41) is 1.33. The molecule has 0 saturated carbocycles. The van der Waals surface area contributed by atoms with Gasteiger partial charge in [0.15, 0.2) is 0 Å². The predicted molar refractivity (Wildman–Crippen MR) is 98.3 cm³/mol. The molecule has 0 saturated heterocycles. The van der Waals surface area contributed by atoms with Crippen LogP contribution in [0.1, 0.15) is 35.9 Å². The maximum atomic E-state index is 4.70. The van der Waals surface area contributed by atoms with Crippen molar-refractivity contribution in [1.29, 1.82) is 0 Å². The lowest BCUT2D eigenvalue weighted by molar-refractivity contribution is 0.822. The number of nitrogens with zero attached hydrogens (tertiary/aromatic N) is 2. The fraction of sp³-hybridized carbons (Fsp3) is 0.200. The lowest BCUT2D eigenvalue weighted by Gasteiger charge is -2.06. The van der Waals surface area contributed by atoms with Crippen LogP contribution in [0, 0.1) is 0 Å². The van der Waals surface area contributed by atoms with Crippen molar-refractivity contribution < 1.29 is 0 Å². The molecule has 4 aromatic rings. The fourth-order valence-electron chi connectivity index (χ4n) is 2.78. The predicted octanol–water partition coefficient (Wildman–Crippen LogP) is 5.56. The van der Waals surface area contributed by atoms with Gasteiger partial charge in [-0.3, -0.25) is 4.98 Å². The molecule has 0 bridgehead atoms. The third-order valence-electron chi connectivity index (χ3n) is 4.07. The molecule has 2 aromatic heterocycles. The second kappa shape index (κ2) is 5.74. The molecule has 0 spiro atoms. The van der Waals surface area contributed by atoms with E-state index in [1.807, 2.05) is 17.5 Å². The molecule has 2 aromatic carbocycles. The van der Waals surface area contributed by atoms with Gasteiger partial charge in [-0.15, -0.1) is 11.3 Å². The average Bonchev–Trinajstić information content (AvgIpc) is 2.96. The highest BCUT2D eigenvalue weighted by Gasteiger charge is 2.06. The molecule has 0 aliphatic heterocycles. The number of thiophene rings is 1. The van der Waals surface area contributed by atoms with E-state index in [4.69, 9.17) is 4.98 Å². The second-order valence-corrected chi connectivity index (χ2v) is 7.37. The Labute approximate surface area is 139 Å². The summed E-state index contributed by atoms with van der Waals surface area (Å²) >= 11 is 1.87. The van der Waals surface area contributed by atoms with Gasteiger partial charge >= 0.3 is 0 Å². The molecule has 2 nitrogen and oxygen atoms in total. The smallest absolute Gasteiger partial charge is 0.0890 e. The van der Waals surface area contributed by atoms with Gasteiger partial charge < -0.3 is 0 Å². The Kier molecular flexibility index (Phi) is 3.58. The lowest BCUT2D eigenvalue weighted by atomic mass is 10.1. The first-order valence-corrected chi connectivity index (χ1v) is 8.74. The molecular formula is C20H18N2S. The Balaban J connectivity index is 1.67. The van der Waals surface area contributed by atoms with Crippen molar-refractivity contribution in [3.63, 3.8) is 0 Å². The van der Waals surface area contributed by atoms with Gasteiger partial charge in [-0.2, -0.15) is 0 Å². The number of aromatic nitrogens is 2. The molecule has 0 unspecified atom stereocenters. The maximum Gasteiger partial charge on any atom is 0.0890 e. The van der Waals surface area contributed by atoms with E-state index >= 15 is 0 Å². The van der Waals surface area contributed by atoms with E-state index in [1.54, 1.807) is 0 Å². The van der Waals surface area contributed by atoms with Crippen LogP contribution in [-0.2, 0) is 6.42 Å². The van der Waals surface area contributed by atoms with E-state index in [1.165, 1.54) is 20.5 Å². The fourth-order valence-corrected chi connectivity index (χ4v) is 3.88. The van der Waals surface area contributed by atoms with Gasteiger partial charge in [0.05, 0.1) is 16.7 Å². The zero-order valence-electron chi connectivity index (χ0n) is 13.3. The first-order chi connectivity index (χ1) is 11.2. The van der Waals surface area contributed by atoms with E-state index in [9.17, 15) is 0 Å². The molecule has 23 heavy (non-hydrogen) atoms. The Hall–Kier alpha value is -2.26. The molecule has 0 fully saturated rings. The van der Waals surface area contributed by atoms with Crippen molar-refractivity contribution in [2.75, 3.05) is 0 Å². The van der Waals surface area contributed by atoms with Crippen LogP contribution in [0.5, 0.6) is 0 Å². The number of rotatable bonds is 3. The Bertz CT molecular complexity index is 952. The van der Waals surface area contributed by atoms with Crippen LogP contribution in [-0.4, -0.2) is 9.97 Å². The van der Waals surface area contributed by atoms with Gasteiger partial charge in [-0.1, -0.05) is 38.1 Å². The SMILES string of the molecule is CC(C)c1cnc2cc(Cc3cc4ccccc4s3)ccc2n1. The largest absolute Gasteiger partial charge is 0.253 e. The summed E-state index contributed by atoms with van der Waals surface area (Å²) in [7, 11) is 0. The number of hydrogen-bond acceptors (Lipinski definition) is 3. The highest BCUT2D eigenvalue weighted by molar-refractivity contribution is 7.19. The van der Waals surface area contributed by atoms with Gasteiger partial charge in [0.25, 0.3) is 0 Å². The second-order valence-electron chi connectivity index (χ2n) is 6.20. The summed E-state index contributed by atoms with van der Waals surface area (Å²) in [5.41, 5.74) is 4.30. The summed E-state index contributed by atoms with van der Waals surface area (Å²) in [6.45, 7) is 4.29. The normalized spacial score (nSPS) is 11.6. The van der Waals surface area contributed by atoms with E-state index in [0.29, 0.717) is 5.92 Å². The van der Waals surface area contributed by atoms with Crippen LogP contribution in [0.4, 0.5) is 0 Å². The molecule has 0 amide bonds. The van der Waals surface area contributed by atoms with Gasteiger partial charge in [0.2, 0.25) is 0 Å². The lowest BCUT2D eigenvalue weighted by Crippen LogP contribution is -1.95. The van der Waals surface area contributed by atoms with Gasteiger partial charge in [0.1, 0.15) is 0 Å². The molecule has 0 N–H and O–H groups in total. The molecule has 0 radical (unpaired) electrons. The monoisotopic (exact) mass is 318 g/mol. The minimum absolute atomic E-state index is 0.408. The van der Waals surface area contributed by atoms with Crippen molar-refractivity contribution in [1.82, 2.24) is 9.97 Å². The minimum Gasteiger partial charge on any atom is -0.253 e. The third kappa shape index (κ3) is 2.84. The van der Waals surface area contributed by atoms with E-state index in [0.717, 1.165) is 23.1 Å². The summed E-state index contributed by atoms with van der Waals surface area (Å²) in [4.78, 5) is 10.7. The standard InChI is InChI=1S/C20H18N2S/c1-13(2)19-12-21-18-10-14(7-8-17(18)22-19)9-16-11-15-5-3-4-6-20(15)23-16/h3-8,10-13H,9H2,1-2H3. The quantitative estimate of drug-likeness (QED) is 0.494. The first kappa shape index (κ1) is 14.3. The van der Waals surface area contributed by atoms with Crippen LogP contribution >= 0.6 is 11.3 Å². The van der Waals surface area contributed by atoms with Gasteiger partial charge in [0, 0.05) is 22.2 Å². The molecular weight excluding hydrogens is 300 g/mol. The van der Waals surface area contributed by atoms with Crippen LogP contribution in [0.25, 0.3) is 21.1 Å². The Morgan fingerprint density at radius 1 is 1.00 bits per heavy atom. The van der Waals surface area contributed by atoms with E-state index < -0.39 is 0 Å². The number of fused-ring (bicyclic) bond motifs is 2. The van der Waals surface area contributed by atoms with Crippen molar-refractivity contribution >= 4 is 32.5 Å². The molecule has 0 aliphatic rings. The van der Waals surface area contributed by atoms with Gasteiger partial charge in [-0.05, 0) is 41.1 Å². The molecule has 0 atom stereocenters. The topological polar surface area (TPSA) is 25.8 Å². The summed E-state index contributed by atoms with van der Waals surface area (Å²) in [5.74, 6) is 0.408. The minimum atomic E-state index is 0.408. The van der Waals surface area contributed by atoms with Crippen molar-refractivity contribution in [2.45, 2.75) is 26.2 Å². The summed E-state index contributed by atoms with van der Waals surface area (Å²) in [6.07, 6.45) is 2.85. The van der Waals surface area contributed by atoms with Crippen LogP contribution in [0.15, 0.2) is 54.7 Å². The third-order valence-corrected chi connectivity index (χ3v) is 5.19. The highest BCUT2D eigenvalue weighted by Crippen LogP contribution is 2.27. The first-order valence-electron chi connectivity index (χ1n) is 7.92. The maximum absolute atomic E-state index is 4.70. The molecule has 0 aliphatic carbocycles. The summed E-state index contributed by atoms with van der Waals surface area (Å²) in [6, 6.07) is 17.3. The Morgan fingerprint density at radius 3 is 2.70 bits per heavy atom. The number of hydrogen-bond donors (Lipinski definition) is 0. The highest BCUT2D eigenvalue weighted by atomic mass is 32.1. The molecule has 4 rings (SSSR count). The van der Waals surface area contributed by atoms with Crippen LogP contribution < -0.4 is 0 Å². The zero-order chi connectivity index (χ0) is 15.8. The van der Waals surface area contributed by atoms with E-state index in [2.05, 4.69) is 67.4 Å². The number of benzene rings is 2. The van der Waals surface area contributed by atoms with Crippen LogP contribution in [0.3, 0.4) is 0 Å². The molecule has 2 heterocycles. The van der Waals surface area contributed by atoms with Crippen molar-refractivity contribution in [3.8, 4) is 0 Å². The van der Waals surface area contributed by atoms with E-state index in [-0.39, 0.29) is 0 Å². The molecule has 114 valence electrons. The summed E-state index contributed by atoms with van der Waals surface area (Å²) < 4.78 is 1.35. The van der Waals surface area contributed by atoms with Crippen molar-refractivity contribution in [2.24, 2.45) is 0 Å². The van der Waals surface area contributed by atoms with Gasteiger partial charge in [-0.25, -0.2) is 4.98 Å². The van der Waals surface area contributed by atoms with Crippen LogP contribution in [0.2, 0.25) is 0 Å². The Morgan fingerprint density at radius 2 is 1.87 bits per heavy atom. The average molecular weight is 318 g/mol. The zero-order valence-corrected chi connectivity index (χ0v) is 14.1. The molecule has 3 heteroatoms.